The van der Waals surface area contributed by atoms with E-state index in [0.29, 0.717) is 11.5 Å². The van der Waals surface area contributed by atoms with E-state index in [1.807, 2.05) is 38.1 Å². The van der Waals surface area contributed by atoms with Crippen LogP contribution in [0.5, 0.6) is 0 Å². The number of hydrogen-bond donors (Lipinski definition) is 2. The van der Waals surface area contributed by atoms with Gasteiger partial charge in [0.05, 0.1) is 18.3 Å². The molecule has 1 heterocycles. The van der Waals surface area contributed by atoms with Crippen LogP contribution < -0.4 is 10.6 Å². The first-order chi connectivity index (χ1) is 8.93. The molecule has 0 aliphatic carbocycles. The van der Waals surface area contributed by atoms with Crippen molar-refractivity contribution >= 4 is 22.9 Å². The van der Waals surface area contributed by atoms with E-state index in [1.165, 1.54) is 0 Å². The Labute approximate surface area is 119 Å². The molecule has 4 nitrogen and oxygen atoms in total. The monoisotopic (exact) mass is 280 g/mol. The molecule has 0 spiro atoms. The number of morpholine rings is 1. The van der Waals surface area contributed by atoms with E-state index >= 15 is 0 Å². The summed E-state index contributed by atoms with van der Waals surface area (Å²) in [5.74, 6) is 0. The smallest absolute Gasteiger partial charge is 0.106 e. The van der Waals surface area contributed by atoms with Crippen LogP contribution in [0.15, 0.2) is 24.3 Å². The van der Waals surface area contributed by atoms with Crippen molar-refractivity contribution in [2.75, 3.05) is 24.6 Å². The van der Waals surface area contributed by atoms with Crippen molar-refractivity contribution in [3.63, 3.8) is 0 Å². The first kappa shape index (κ1) is 14.2. The Kier molecular flexibility index (Phi) is 4.08. The van der Waals surface area contributed by atoms with Crippen LogP contribution in [0.4, 0.5) is 5.69 Å². The van der Waals surface area contributed by atoms with E-state index in [-0.39, 0.29) is 18.3 Å². The van der Waals surface area contributed by atoms with Gasteiger partial charge in [-0.2, -0.15) is 0 Å². The number of anilines is 1. The highest BCUT2D eigenvalue weighted by molar-refractivity contribution is 7.80. The molecular formula is C14H20N2O2S. The van der Waals surface area contributed by atoms with Crippen molar-refractivity contribution in [1.29, 1.82) is 0 Å². The average Bonchev–Trinajstić information content (AvgIpc) is 2.36. The van der Waals surface area contributed by atoms with E-state index in [1.54, 1.807) is 0 Å². The maximum atomic E-state index is 9.36. The quantitative estimate of drug-likeness (QED) is 0.817. The second-order valence-corrected chi connectivity index (χ2v) is 5.88. The number of aliphatic hydroxyl groups is 1. The largest absolute Gasteiger partial charge is 0.394 e. The van der Waals surface area contributed by atoms with Gasteiger partial charge in [0.25, 0.3) is 0 Å². The molecule has 104 valence electrons. The highest BCUT2D eigenvalue weighted by Gasteiger charge is 2.33. The third-order valence-corrected chi connectivity index (χ3v) is 3.42. The lowest BCUT2D eigenvalue weighted by molar-refractivity contribution is -0.101. The summed E-state index contributed by atoms with van der Waals surface area (Å²) in [6.45, 7) is 5.42. The third kappa shape index (κ3) is 3.23. The van der Waals surface area contributed by atoms with Crippen LogP contribution in [-0.2, 0) is 4.74 Å². The van der Waals surface area contributed by atoms with Crippen molar-refractivity contribution in [1.82, 2.24) is 0 Å². The summed E-state index contributed by atoms with van der Waals surface area (Å²) >= 11 is 5.10. The predicted octanol–water partition coefficient (Wildman–Crippen LogP) is 1.30. The van der Waals surface area contributed by atoms with Crippen LogP contribution in [0.1, 0.15) is 19.4 Å². The molecule has 0 radical (unpaired) electrons. The third-order valence-electron chi connectivity index (χ3n) is 3.20. The molecule has 0 amide bonds. The second kappa shape index (κ2) is 5.45. The lowest BCUT2D eigenvalue weighted by Crippen LogP contribution is -2.54. The number of aliphatic hydroxyl groups excluding tert-OH is 1. The molecular weight excluding hydrogens is 260 g/mol. The van der Waals surface area contributed by atoms with Gasteiger partial charge in [-0.25, -0.2) is 0 Å². The van der Waals surface area contributed by atoms with Crippen molar-refractivity contribution in [3.8, 4) is 0 Å². The average molecular weight is 280 g/mol. The molecule has 1 aliphatic rings. The Balaban J connectivity index is 2.33. The molecule has 1 aliphatic heterocycles. The highest BCUT2D eigenvalue weighted by atomic mass is 32.1. The Morgan fingerprint density at radius 2 is 2.21 bits per heavy atom. The van der Waals surface area contributed by atoms with Crippen LogP contribution >= 0.6 is 12.2 Å². The molecule has 1 unspecified atom stereocenters. The van der Waals surface area contributed by atoms with Crippen LogP contribution in [-0.4, -0.2) is 41.5 Å². The minimum atomic E-state index is -0.311. The zero-order chi connectivity index (χ0) is 14.0. The van der Waals surface area contributed by atoms with Crippen LogP contribution in [0.2, 0.25) is 0 Å². The van der Waals surface area contributed by atoms with Gasteiger partial charge in [-0.3, -0.25) is 0 Å². The Morgan fingerprint density at radius 3 is 2.84 bits per heavy atom. The van der Waals surface area contributed by atoms with Gasteiger partial charge in [-0.1, -0.05) is 24.4 Å². The topological polar surface area (TPSA) is 58.7 Å². The van der Waals surface area contributed by atoms with E-state index in [4.69, 9.17) is 22.7 Å². The molecule has 0 saturated carbocycles. The lowest BCUT2D eigenvalue weighted by Gasteiger charge is -2.44. The minimum Gasteiger partial charge on any atom is -0.394 e. The van der Waals surface area contributed by atoms with Gasteiger partial charge in [0, 0.05) is 24.3 Å². The fourth-order valence-corrected chi connectivity index (χ4v) is 2.70. The van der Waals surface area contributed by atoms with Crippen LogP contribution in [0.25, 0.3) is 0 Å². The number of nitrogens with zero attached hydrogens (tertiary/aromatic N) is 1. The van der Waals surface area contributed by atoms with Gasteiger partial charge in [0.1, 0.15) is 4.99 Å². The SMILES string of the molecule is CC1(C)CN(c2ccccc2C(N)=S)CC(CO)O1. The molecule has 1 saturated heterocycles. The Morgan fingerprint density at radius 1 is 1.53 bits per heavy atom. The maximum absolute atomic E-state index is 9.36. The number of ether oxygens (including phenoxy) is 1. The highest BCUT2D eigenvalue weighted by Crippen LogP contribution is 2.28. The van der Waals surface area contributed by atoms with Crippen molar-refractivity contribution in [2.24, 2.45) is 5.73 Å². The zero-order valence-corrected chi connectivity index (χ0v) is 12.1. The molecule has 5 heteroatoms. The first-order valence-electron chi connectivity index (χ1n) is 6.35. The van der Waals surface area contributed by atoms with Crippen LogP contribution in [0.3, 0.4) is 0 Å². The fourth-order valence-electron chi connectivity index (χ4n) is 2.53. The number of para-hydroxylation sites is 1. The Bertz CT molecular complexity index is 476. The van der Waals surface area contributed by atoms with Crippen molar-refractivity contribution in [2.45, 2.75) is 25.6 Å². The molecule has 0 bridgehead atoms. The van der Waals surface area contributed by atoms with Gasteiger partial charge in [0.15, 0.2) is 0 Å². The van der Waals surface area contributed by atoms with Crippen molar-refractivity contribution < 1.29 is 9.84 Å². The molecule has 19 heavy (non-hydrogen) atoms. The summed E-state index contributed by atoms with van der Waals surface area (Å²) in [5.41, 5.74) is 7.34. The first-order valence-corrected chi connectivity index (χ1v) is 6.76. The van der Waals surface area contributed by atoms with E-state index < -0.39 is 0 Å². The molecule has 1 aromatic rings. The van der Waals surface area contributed by atoms with Gasteiger partial charge in [-0.05, 0) is 26.0 Å². The Hall–Kier alpha value is -1.17. The summed E-state index contributed by atoms with van der Waals surface area (Å²) in [6.07, 6.45) is -0.192. The minimum absolute atomic E-state index is 0.00910. The molecule has 1 aromatic carbocycles. The normalized spacial score (nSPS) is 22.3. The standard InChI is InChI=1S/C14H20N2O2S/c1-14(2)9-16(7-10(8-17)18-14)12-6-4-3-5-11(12)13(15)19/h3-6,10,17H,7-9H2,1-2H3,(H2,15,19). The van der Waals surface area contributed by atoms with E-state index in [9.17, 15) is 5.11 Å². The number of nitrogens with two attached hydrogens (primary N) is 1. The number of hydrogen-bond acceptors (Lipinski definition) is 4. The fraction of sp³-hybridized carbons (Fsp3) is 0.500. The molecule has 0 aromatic heterocycles. The summed E-state index contributed by atoms with van der Waals surface area (Å²) < 4.78 is 5.82. The van der Waals surface area contributed by atoms with E-state index in [0.717, 1.165) is 17.8 Å². The second-order valence-electron chi connectivity index (χ2n) is 5.44. The molecule has 2 rings (SSSR count). The molecule has 1 fully saturated rings. The lowest BCUT2D eigenvalue weighted by atomic mass is 10.0. The maximum Gasteiger partial charge on any atom is 0.106 e. The summed E-state index contributed by atoms with van der Waals surface area (Å²) in [7, 11) is 0. The zero-order valence-electron chi connectivity index (χ0n) is 11.3. The molecule has 1 atom stereocenters. The summed E-state index contributed by atoms with van der Waals surface area (Å²) in [5, 5.41) is 9.36. The number of thiocarbonyl (C=S) groups is 1. The molecule has 3 N–H and O–H groups in total. The summed E-state index contributed by atoms with van der Waals surface area (Å²) in [6, 6.07) is 7.82. The van der Waals surface area contributed by atoms with Gasteiger partial charge in [-0.15, -0.1) is 0 Å². The van der Waals surface area contributed by atoms with Crippen LogP contribution in [0, 0.1) is 0 Å². The summed E-state index contributed by atoms with van der Waals surface area (Å²) in [4.78, 5) is 2.57. The van der Waals surface area contributed by atoms with Gasteiger partial charge >= 0.3 is 0 Å². The number of benzene rings is 1. The van der Waals surface area contributed by atoms with Gasteiger partial charge < -0.3 is 20.5 Å². The number of rotatable bonds is 3. The van der Waals surface area contributed by atoms with E-state index in [2.05, 4.69) is 4.90 Å². The van der Waals surface area contributed by atoms with Gasteiger partial charge in [0.2, 0.25) is 0 Å². The predicted molar refractivity (Wildman–Crippen MR) is 80.6 cm³/mol. The van der Waals surface area contributed by atoms with Crippen molar-refractivity contribution in [3.05, 3.63) is 29.8 Å².